The van der Waals surface area contributed by atoms with Crippen LogP contribution in [0.2, 0.25) is 0 Å². The molecule has 0 radical (unpaired) electrons. The van der Waals surface area contributed by atoms with E-state index in [1.54, 1.807) is 34.6 Å². The molecule has 0 saturated heterocycles. The Morgan fingerprint density at radius 1 is 0.943 bits per heavy atom. The first-order valence-electron chi connectivity index (χ1n) is 11.7. The van der Waals surface area contributed by atoms with E-state index in [1.165, 1.54) is 0 Å². The van der Waals surface area contributed by atoms with Crippen LogP contribution in [0.1, 0.15) is 58.1 Å². The SMILES string of the molecule is CC(C)(CC(=O)N[C@@H](COC(C)(C)C)C(=O)O)NC(=O)OCC1c2ccccc2-c2ccccc21. The van der Waals surface area contributed by atoms with Gasteiger partial charge in [0.1, 0.15) is 6.61 Å². The number of carboxylic acid groups (broad SMARTS) is 1. The van der Waals surface area contributed by atoms with Crippen molar-refractivity contribution in [1.82, 2.24) is 10.6 Å². The largest absolute Gasteiger partial charge is 0.480 e. The van der Waals surface area contributed by atoms with Crippen LogP contribution in [0.25, 0.3) is 11.1 Å². The Morgan fingerprint density at radius 3 is 2.00 bits per heavy atom. The smallest absolute Gasteiger partial charge is 0.407 e. The van der Waals surface area contributed by atoms with Crippen LogP contribution < -0.4 is 10.6 Å². The Kier molecular flexibility index (Phi) is 7.85. The Bertz CT molecular complexity index is 1040. The van der Waals surface area contributed by atoms with Crippen LogP contribution >= 0.6 is 0 Å². The van der Waals surface area contributed by atoms with Gasteiger partial charge in [-0.3, -0.25) is 4.79 Å². The van der Waals surface area contributed by atoms with E-state index in [0.717, 1.165) is 22.3 Å². The Morgan fingerprint density at radius 2 is 1.49 bits per heavy atom. The van der Waals surface area contributed by atoms with Crippen molar-refractivity contribution in [1.29, 1.82) is 0 Å². The minimum absolute atomic E-state index is 0.0706. The van der Waals surface area contributed by atoms with Crippen molar-refractivity contribution < 1.29 is 29.0 Å². The van der Waals surface area contributed by atoms with Gasteiger partial charge in [-0.15, -0.1) is 0 Å². The maximum absolute atomic E-state index is 12.6. The average molecular weight is 483 g/mol. The Balaban J connectivity index is 1.55. The van der Waals surface area contributed by atoms with Crippen molar-refractivity contribution in [3.63, 3.8) is 0 Å². The second-order valence-electron chi connectivity index (χ2n) is 10.4. The summed E-state index contributed by atoms with van der Waals surface area (Å²) in [5.74, 6) is -1.78. The molecule has 35 heavy (non-hydrogen) atoms. The van der Waals surface area contributed by atoms with Crippen LogP contribution in [0.5, 0.6) is 0 Å². The van der Waals surface area contributed by atoms with E-state index < -0.39 is 35.2 Å². The van der Waals surface area contributed by atoms with E-state index in [4.69, 9.17) is 9.47 Å². The minimum Gasteiger partial charge on any atom is -0.480 e. The lowest BCUT2D eigenvalue weighted by Gasteiger charge is -2.27. The van der Waals surface area contributed by atoms with Crippen molar-refractivity contribution in [2.45, 2.75) is 64.1 Å². The van der Waals surface area contributed by atoms with E-state index in [0.29, 0.717) is 0 Å². The average Bonchev–Trinajstić information content (AvgIpc) is 3.07. The predicted molar refractivity (Wildman–Crippen MR) is 132 cm³/mol. The summed E-state index contributed by atoms with van der Waals surface area (Å²) in [4.78, 5) is 36.6. The number of carboxylic acids is 1. The van der Waals surface area contributed by atoms with Gasteiger partial charge in [0, 0.05) is 17.9 Å². The summed E-state index contributed by atoms with van der Waals surface area (Å²) in [7, 11) is 0. The van der Waals surface area contributed by atoms with Crippen molar-refractivity contribution >= 4 is 18.0 Å². The quantitative estimate of drug-likeness (QED) is 0.496. The highest BCUT2D eigenvalue weighted by atomic mass is 16.5. The number of alkyl carbamates (subject to hydrolysis) is 1. The summed E-state index contributed by atoms with van der Waals surface area (Å²) < 4.78 is 11.1. The number of aliphatic carboxylic acids is 1. The molecule has 1 aliphatic rings. The van der Waals surface area contributed by atoms with Gasteiger partial charge in [0.2, 0.25) is 5.91 Å². The van der Waals surface area contributed by atoms with Crippen LogP contribution in [0.15, 0.2) is 48.5 Å². The number of nitrogens with one attached hydrogen (secondary N) is 2. The molecular formula is C27H34N2O6. The van der Waals surface area contributed by atoms with Gasteiger partial charge in [0.05, 0.1) is 12.2 Å². The van der Waals surface area contributed by atoms with Crippen molar-refractivity contribution in [2.75, 3.05) is 13.2 Å². The molecule has 0 aliphatic heterocycles. The zero-order valence-corrected chi connectivity index (χ0v) is 20.9. The number of fused-ring (bicyclic) bond motifs is 3. The van der Waals surface area contributed by atoms with Gasteiger partial charge in [-0.2, -0.15) is 0 Å². The van der Waals surface area contributed by atoms with E-state index in [2.05, 4.69) is 22.8 Å². The van der Waals surface area contributed by atoms with Gasteiger partial charge in [-0.25, -0.2) is 9.59 Å². The molecule has 0 fully saturated rings. The Hall–Kier alpha value is -3.39. The maximum Gasteiger partial charge on any atom is 0.407 e. The number of hydrogen-bond donors (Lipinski definition) is 3. The third-order valence-corrected chi connectivity index (χ3v) is 5.70. The molecule has 0 aromatic heterocycles. The number of ether oxygens (including phenoxy) is 2. The molecule has 0 unspecified atom stereocenters. The minimum atomic E-state index is -1.19. The van der Waals surface area contributed by atoms with Crippen LogP contribution in [0.4, 0.5) is 4.79 Å². The van der Waals surface area contributed by atoms with E-state index in [9.17, 15) is 19.5 Å². The van der Waals surface area contributed by atoms with E-state index in [1.807, 2.05) is 36.4 Å². The fourth-order valence-electron chi connectivity index (χ4n) is 4.11. The van der Waals surface area contributed by atoms with Crippen LogP contribution in [0.3, 0.4) is 0 Å². The molecule has 0 bridgehead atoms. The molecule has 0 heterocycles. The zero-order valence-electron chi connectivity index (χ0n) is 20.9. The van der Waals surface area contributed by atoms with Crippen molar-refractivity contribution in [3.05, 3.63) is 59.7 Å². The van der Waals surface area contributed by atoms with Gasteiger partial charge in [0.25, 0.3) is 0 Å². The number of hydrogen-bond acceptors (Lipinski definition) is 5. The van der Waals surface area contributed by atoms with Gasteiger partial charge in [-0.05, 0) is 56.9 Å². The van der Waals surface area contributed by atoms with Crippen LogP contribution in [0, 0.1) is 0 Å². The topological polar surface area (TPSA) is 114 Å². The fraction of sp³-hybridized carbons (Fsp3) is 0.444. The summed E-state index contributed by atoms with van der Waals surface area (Å²) in [5, 5.41) is 14.6. The van der Waals surface area contributed by atoms with Crippen molar-refractivity contribution in [3.8, 4) is 11.1 Å². The van der Waals surface area contributed by atoms with E-state index >= 15 is 0 Å². The molecule has 8 heteroatoms. The maximum atomic E-state index is 12.6. The number of carbonyl (C=O) groups is 3. The number of rotatable bonds is 9. The lowest BCUT2D eigenvalue weighted by atomic mass is 9.98. The van der Waals surface area contributed by atoms with Gasteiger partial charge >= 0.3 is 12.1 Å². The zero-order chi connectivity index (χ0) is 25.8. The van der Waals surface area contributed by atoms with Crippen LogP contribution in [-0.2, 0) is 19.1 Å². The summed E-state index contributed by atoms with van der Waals surface area (Å²) in [6.45, 7) is 8.75. The number of benzene rings is 2. The summed E-state index contributed by atoms with van der Waals surface area (Å²) in [6, 6.07) is 14.9. The third kappa shape index (κ3) is 7.05. The molecule has 1 aliphatic carbocycles. The summed E-state index contributed by atoms with van der Waals surface area (Å²) >= 11 is 0. The molecule has 0 saturated carbocycles. The normalized spacial score (nSPS) is 14.0. The second-order valence-corrected chi connectivity index (χ2v) is 10.4. The first kappa shape index (κ1) is 26.2. The number of carbonyl (C=O) groups excluding carboxylic acids is 2. The highest BCUT2D eigenvalue weighted by Crippen LogP contribution is 2.44. The monoisotopic (exact) mass is 482 g/mol. The molecule has 1 atom stereocenters. The molecule has 8 nitrogen and oxygen atoms in total. The summed E-state index contributed by atoms with van der Waals surface area (Å²) in [5.41, 5.74) is 2.99. The standard InChI is InChI=1S/C27H34N2O6/c1-26(2,3)35-16-22(24(31)32)28-23(30)14-27(4,5)29-25(33)34-15-21-19-12-8-6-10-17(19)18-11-7-9-13-20(18)21/h6-13,21-22H,14-16H2,1-5H3,(H,28,30)(H,29,33)(H,31,32)/t22-/m0/s1. The highest BCUT2D eigenvalue weighted by molar-refractivity contribution is 5.84. The molecular weight excluding hydrogens is 448 g/mol. The molecule has 188 valence electrons. The molecule has 2 amide bonds. The number of amides is 2. The predicted octanol–water partition coefficient (Wildman–Crippen LogP) is 4.08. The molecule has 2 aromatic carbocycles. The second kappa shape index (κ2) is 10.5. The van der Waals surface area contributed by atoms with Gasteiger partial charge in [0.15, 0.2) is 6.04 Å². The highest BCUT2D eigenvalue weighted by Gasteiger charge is 2.31. The lowest BCUT2D eigenvalue weighted by molar-refractivity contribution is -0.145. The first-order chi connectivity index (χ1) is 16.4. The van der Waals surface area contributed by atoms with Crippen molar-refractivity contribution in [2.24, 2.45) is 0 Å². The van der Waals surface area contributed by atoms with Gasteiger partial charge < -0.3 is 25.2 Å². The Labute approximate surface area is 206 Å². The summed E-state index contributed by atoms with van der Waals surface area (Å²) in [6.07, 6.45) is -0.772. The first-order valence-corrected chi connectivity index (χ1v) is 11.7. The third-order valence-electron chi connectivity index (χ3n) is 5.70. The molecule has 3 rings (SSSR count). The van der Waals surface area contributed by atoms with E-state index in [-0.39, 0.29) is 25.6 Å². The molecule has 0 spiro atoms. The molecule has 2 aromatic rings. The fourth-order valence-corrected chi connectivity index (χ4v) is 4.11. The lowest BCUT2D eigenvalue weighted by Crippen LogP contribution is -2.51. The molecule has 3 N–H and O–H groups in total. The van der Waals surface area contributed by atoms with Crippen LogP contribution in [-0.4, -0.2) is 53.5 Å². The van der Waals surface area contributed by atoms with Gasteiger partial charge in [-0.1, -0.05) is 48.5 Å².